The van der Waals surface area contributed by atoms with Gasteiger partial charge in [-0.3, -0.25) is 9.65 Å². The van der Waals surface area contributed by atoms with E-state index in [1.807, 2.05) is 78.9 Å². The fourth-order valence-corrected chi connectivity index (χ4v) is 5.66. The molecule has 0 fully saturated rings. The summed E-state index contributed by atoms with van der Waals surface area (Å²) in [5.74, 6) is 0.308. The van der Waals surface area contributed by atoms with Gasteiger partial charge in [0.15, 0.2) is 0 Å². The van der Waals surface area contributed by atoms with Crippen molar-refractivity contribution in [2.24, 2.45) is 5.92 Å². The second-order valence-corrected chi connectivity index (χ2v) is 9.05. The monoisotopic (exact) mass is 349 g/mol. The molecule has 0 saturated carbocycles. The zero-order valence-corrected chi connectivity index (χ0v) is 15.6. The van der Waals surface area contributed by atoms with Crippen LogP contribution in [-0.2, 0) is 4.57 Å². The van der Waals surface area contributed by atoms with Crippen LogP contribution in [0.3, 0.4) is 0 Å². The lowest BCUT2D eigenvalue weighted by Crippen LogP contribution is -2.32. The van der Waals surface area contributed by atoms with E-state index in [1.165, 1.54) is 0 Å². The van der Waals surface area contributed by atoms with Crippen molar-refractivity contribution in [2.45, 2.75) is 19.9 Å². The van der Waals surface area contributed by atoms with E-state index in [0.717, 1.165) is 16.2 Å². The molecule has 3 aromatic rings. The molecule has 128 valence electrons. The van der Waals surface area contributed by atoms with Gasteiger partial charge in [-0.2, -0.15) is 0 Å². The fourth-order valence-electron chi connectivity index (χ4n) is 3.04. The second-order valence-electron chi connectivity index (χ2n) is 6.54. The summed E-state index contributed by atoms with van der Waals surface area (Å²) in [5.41, 5.74) is 1.16. The highest BCUT2D eigenvalue weighted by atomic mass is 31.2. The predicted octanol–water partition coefficient (Wildman–Crippen LogP) is 4.90. The zero-order valence-electron chi connectivity index (χ0n) is 14.7. The standard InChI is InChI=1S/C22H24NOP/c1-18(2)22(19-12-6-3-7-13-19)23-25(24,20-14-8-4-9-15-20)21-16-10-5-11-17-21/h3-18,22H,1-2H3,(H,23,24)/t22-/m1/s1. The van der Waals surface area contributed by atoms with Gasteiger partial charge in [0.05, 0.1) is 0 Å². The molecule has 0 heterocycles. The molecule has 0 aliphatic rings. The molecule has 1 atom stereocenters. The Labute approximate surface area is 150 Å². The van der Waals surface area contributed by atoms with Crippen molar-refractivity contribution in [3.63, 3.8) is 0 Å². The first-order valence-corrected chi connectivity index (χ1v) is 10.4. The van der Waals surface area contributed by atoms with E-state index in [4.69, 9.17) is 0 Å². The summed E-state index contributed by atoms with van der Waals surface area (Å²) >= 11 is 0. The number of hydrogen-bond donors (Lipinski definition) is 1. The third-order valence-corrected chi connectivity index (χ3v) is 7.08. The van der Waals surface area contributed by atoms with Gasteiger partial charge in [0.25, 0.3) is 0 Å². The SMILES string of the molecule is CC(C)[C@@H](NP(=O)(c1ccccc1)c1ccccc1)c1ccccc1. The maximum Gasteiger partial charge on any atom is 0.205 e. The minimum Gasteiger partial charge on any atom is -0.297 e. The van der Waals surface area contributed by atoms with E-state index >= 15 is 0 Å². The second kappa shape index (κ2) is 7.82. The van der Waals surface area contributed by atoms with E-state index in [2.05, 4.69) is 31.1 Å². The maximum atomic E-state index is 14.2. The van der Waals surface area contributed by atoms with Gasteiger partial charge in [0.2, 0.25) is 7.29 Å². The van der Waals surface area contributed by atoms with Crippen LogP contribution in [0.1, 0.15) is 25.5 Å². The van der Waals surface area contributed by atoms with Gasteiger partial charge in [-0.25, -0.2) is 0 Å². The minimum absolute atomic E-state index is 0.00689. The first-order chi connectivity index (χ1) is 12.1. The number of hydrogen-bond acceptors (Lipinski definition) is 1. The smallest absolute Gasteiger partial charge is 0.205 e. The van der Waals surface area contributed by atoms with Crippen molar-refractivity contribution in [1.82, 2.24) is 5.09 Å². The van der Waals surface area contributed by atoms with Crippen LogP contribution < -0.4 is 15.7 Å². The van der Waals surface area contributed by atoms with Gasteiger partial charge in [0.1, 0.15) is 0 Å². The summed E-state index contributed by atoms with van der Waals surface area (Å²) in [6.45, 7) is 4.32. The fraction of sp³-hybridized carbons (Fsp3) is 0.182. The van der Waals surface area contributed by atoms with Crippen molar-refractivity contribution < 1.29 is 4.57 Å². The molecule has 2 nitrogen and oxygen atoms in total. The molecule has 0 amide bonds. The van der Waals surface area contributed by atoms with E-state index in [-0.39, 0.29) is 6.04 Å². The molecule has 1 N–H and O–H groups in total. The third kappa shape index (κ3) is 3.92. The molecule has 0 radical (unpaired) electrons. The van der Waals surface area contributed by atoms with Gasteiger partial charge in [0, 0.05) is 16.7 Å². The average molecular weight is 349 g/mol. The van der Waals surface area contributed by atoms with Gasteiger partial charge in [-0.05, 0) is 35.7 Å². The Hall–Kier alpha value is -2.15. The summed E-state index contributed by atoms with van der Waals surface area (Å²) in [4.78, 5) is 0. The van der Waals surface area contributed by atoms with E-state index < -0.39 is 7.29 Å². The van der Waals surface area contributed by atoms with Crippen LogP contribution in [0.4, 0.5) is 0 Å². The predicted molar refractivity (Wildman–Crippen MR) is 107 cm³/mol. The Morgan fingerprint density at radius 1 is 0.680 bits per heavy atom. The Kier molecular flexibility index (Phi) is 5.53. The highest BCUT2D eigenvalue weighted by Gasteiger charge is 2.31. The van der Waals surface area contributed by atoms with Gasteiger partial charge < -0.3 is 0 Å². The van der Waals surface area contributed by atoms with Crippen LogP contribution >= 0.6 is 7.29 Å². The molecule has 3 heteroatoms. The lowest BCUT2D eigenvalue weighted by atomic mass is 9.97. The van der Waals surface area contributed by atoms with Crippen LogP contribution in [-0.4, -0.2) is 0 Å². The van der Waals surface area contributed by atoms with Gasteiger partial charge >= 0.3 is 0 Å². The van der Waals surface area contributed by atoms with Crippen LogP contribution in [0.2, 0.25) is 0 Å². The molecule has 0 bridgehead atoms. The number of nitrogens with one attached hydrogen (secondary N) is 1. The first-order valence-electron chi connectivity index (χ1n) is 8.65. The molecule has 0 aliphatic carbocycles. The maximum absolute atomic E-state index is 14.2. The number of rotatable bonds is 6. The Balaban J connectivity index is 2.08. The highest BCUT2D eigenvalue weighted by molar-refractivity contribution is 7.76. The Morgan fingerprint density at radius 3 is 1.48 bits per heavy atom. The van der Waals surface area contributed by atoms with Crippen LogP contribution in [0.15, 0.2) is 91.0 Å². The number of benzene rings is 3. The van der Waals surface area contributed by atoms with Crippen LogP contribution in [0.5, 0.6) is 0 Å². The molecule has 0 aliphatic heterocycles. The van der Waals surface area contributed by atoms with E-state index in [1.54, 1.807) is 0 Å². The van der Waals surface area contributed by atoms with Gasteiger partial charge in [-0.1, -0.05) is 80.6 Å². The van der Waals surface area contributed by atoms with Crippen molar-refractivity contribution in [3.05, 3.63) is 96.6 Å². The topological polar surface area (TPSA) is 29.1 Å². The average Bonchev–Trinajstić information content (AvgIpc) is 2.68. The molecular formula is C22H24NOP. The van der Waals surface area contributed by atoms with Crippen LogP contribution in [0, 0.1) is 5.92 Å². The van der Waals surface area contributed by atoms with Crippen LogP contribution in [0.25, 0.3) is 0 Å². The third-order valence-electron chi connectivity index (χ3n) is 4.39. The van der Waals surface area contributed by atoms with Crippen molar-refractivity contribution >= 4 is 17.9 Å². The summed E-state index contributed by atoms with van der Waals surface area (Å²) < 4.78 is 14.2. The first kappa shape index (κ1) is 17.7. The summed E-state index contributed by atoms with van der Waals surface area (Å²) in [6.07, 6.45) is 0. The summed E-state index contributed by atoms with van der Waals surface area (Å²) in [5, 5.41) is 5.21. The molecule has 3 aromatic carbocycles. The molecule has 0 spiro atoms. The van der Waals surface area contributed by atoms with E-state index in [0.29, 0.717) is 5.92 Å². The lowest BCUT2D eigenvalue weighted by molar-refractivity contribution is 0.468. The zero-order chi connectivity index (χ0) is 17.7. The molecule has 3 rings (SSSR count). The Bertz CT molecular complexity index is 788. The molecule has 0 unspecified atom stereocenters. The molecule has 0 aromatic heterocycles. The molecular weight excluding hydrogens is 325 g/mol. The highest BCUT2D eigenvalue weighted by Crippen LogP contribution is 2.43. The minimum atomic E-state index is -2.95. The van der Waals surface area contributed by atoms with Crippen molar-refractivity contribution in [1.29, 1.82) is 0 Å². The lowest BCUT2D eigenvalue weighted by Gasteiger charge is -2.29. The summed E-state index contributed by atoms with van der Waals surface area (Å²) in [6, 6.07) is 29.7. The van der Waals surface area contributed by atoms with Crippen molar-refractivity contribution in [3.8, 4) is 0 Å². The van der Waals surface area contributed by atoms with Gasteiger partial charge in [-0.15, -0.1) is 0 Å². The normalized spacial score (nSPS) is 12.9. The molecule has 0 saturated heterocycles. The quantitative estimate of drug-likeness (QED) is 0.641. The largest absolute Gasteiger partial charge is 0.297 e. The Morgan fingerprint density at radius 2 is 1.08 bits per heavy atom. The molecule has 25 heavy (non-hydrogen) atoms. The van der Waals surface area contributed by atoms with Crippen molar-refractivity contribution in [2.75, 3.05) is 0 Å². The summed E-state index contributed by atoms with van der Waals surface area (Å²) in [7, 11) is -2.95. The van der Waals surface area contributed by atoms with E-state index in [9.17, 15) is 4.57 Å².